The molecule has 0 aliphatic carbocycles. The Labute approximate surface area is 130 Å². The molecule has 0 spiro atoms. The molecule has 0 aromatic heterocycles. The normalized spacial score (nSPS) is 11.1. The number of ether oxygens (including phenoxy) is 1. The molecule has 22 heavy (non-hydrogen) atoms. The maximum Gasteiger partial charge on any atom is 0.230 e. The van der Waals surface area contributed by atoms with E-state index in [0.29, 0.717) is 12.3 Å². The first-order chi connectivity index (χ1) is 10.4. The third-order valence-electron chi connectivity index (χ3n) is 3.71. The van der Waals surface area contributed by atoms with Gasteiger partial charge in [-0.25, -0.2) is 4.39 Å². The van der Waals surface area contributed by atoms with Crippen LogP contribution in [0.1, 0.15) is 25.0 Å². The summed E-state index contributed by atoms with van der Waals surface area (Å²) in [5, 5.41) is 2.89. The van der Waals surface area contributed by atoms with Crippen LogP contribution in [0.25, 0.3) is 0 Å². The van der Waals surface area contributed by atoms with Crippen molar-refractivity contribution in [1.82, 2.24) is 5.32 Å². The Bertz CT molecular complexity index is 650. The summed E-state index contributed by atoms with van der Waals surface area (Å²) in [7, 11) is 1.59. The summed E-state index contributed by atoms with van der Waals surface area (Å²) in [5.74, 6) is 0.287. The smallest absolute Gasteiger partial charge is 0.230 e. The van der Waals surface area contributed by atoms with Crippen molar-refractivity contribution in [3.63, 3.8) is 0 Å². The van der Waals surface area contributed by atoms with Gasteiger partial charge in [-0.2, -0.15) is 0 Å². The molecule has 0 radical (unpaired) electrons. The Morgan fingerprint density at radius 2 is 1.77 bits per heavy atom. The van der Waals surface area contributed by atoms with Gasteiger partial charge in [0.1, 0.15) is 11.6 Å². The number of rotatable bonds is 5. The lowest BCUT2D eigenvalue weighted by Gasteiger charge is -2.26. The molecule has 1 amide bonds. The zero-order valence-corrected chi connectivity index (χ0v) is 13.0. The molecule has 2 rings (SSSR count). The summed E-state index contributed by atoms with van der Waals surface area (Å²) in [6.07, 6.45) is 0. The third kappa shape index (κ3) is 3.45. The molecule has 4 heteroatoms. The number of carbonyl (C=O) groups excluding carboxylic acids is 1. The molecular weight excluding hydrogens is 281 g/mol. The molecule has 0 heterocycles. The van der Waals surface area contributed by atoms with E-state index in [2.05, 4.69) is 5.32 Å². The number of halogens is 1. The monoisotopic (exact) mass is 301 g/mol. The number of nitrogens with one attached hydrogen (secondary N) is 1. The molecular formula is C18H20FNO2. The Hall–Kier alpha value is -2.36. The predicted octanol–water partition coefficient (Wildman–Crippen LogP) is 3.43. The van der Waals surface area contributed by atoms with Gasteiger partial charge in [-0.1, -0.05) is 30.3 Å². The quantitative estimate of drug-likeness (QED) is 0.919. The SMILES string of the molecule is COc1ccccc1C(C)(C)C(=O)NCc1ccc(F)cc1. The fraction of sp³-hybridized carbons (Fsp3) is 0.278. The van der Waals surface area contributed by atoms with Crippen LogP contribution in [0.5, 0.6) is 5.75 Å². The molecule has 0 saturated heterocycles. The van der Waals surface area contributed by atoms with Crippen LogP contribution >= 0.6 is 0 Å². The fourth-order valence-corrected chi connectivity index (χ4v) is 2.29. The number of benzene rings is 2. The van der Waals surface area contributed by atoms with Gasteiger partial charge in [-0.3, -0.25) is 4.79 Å². The molecule has 116 valence electrons. The minimum Gasteiger partial charge on any atom is -0.496 e. The van der Waals surface area contributed by atoms with Crippen LogP contribution in [0.4, 0.5) is 4.39 Å². The van der Waals surface area contributed by atoms with E-state index in [0.717, 1.165) is 11.1 Å². The molecule has 0 fully saturated rings. The summed E-state index contributed by atoms with van der Waals surface area (Å²) in [5.41, 5.74) is 0.951. The fourth-order valence-electron chi connectivity index (χ4n) is 2.29. The lowest BCUT2D eigenvalue weighted by atomic mass is 9.83. The number of methoxy groups -OCH3 is 1. The number of hydrogen-bond donors (Lipinski definition) is 1. The van der Waals surface area contributed by atoms with Crippen molar-refractivity contribution in [2.24, 2.45) is 0 Å². The zero-order valence-electron chi connectivity index (χ0n) is 13.0. The van der Waals surface area contributed by atoms with E-state index >= 15 is 0 Å². The summed E-state index contributed by atoms with van der Waals surface area (Å²) in [6, 6.07) is 13.6. The van der Waals surface area contributed by atoms with Crippen molar-refractivity contribution in [2.45, 2.75) is 25.8 Å². The first-order valence-electron chi connectivity index (χ1n) is 7.11. The van der Waals surface area contributed by atoms with Gasteiger partial charge in [0.2, 0.25) is 5.91 Å². The second-order valence-electron chi connectivity index (χ2n) is 5.63. The molecule has 2 aromatic rings. The van der Waals surface area contributed by atoms with Gasteiger partial charge in [0.05, 0.1) is 12.5 Å². The predicted molar refractivity (Wildman–Crippen MR) is 84.3 cm³/mol. The van der Waals surface area contributed by atoms with E-state index in [9.17, 15) is 9.18 Å². The average Bonchev–Trinajstić information content (AvgIpc) is 2.53. The Balaban J connectivity index is 2.11. The molecule has 2 aromatic carbocycles. The highest BCUT2D eigenvalue weighted by molar-refractivity contribution is 5.88. The lowest BCUT2D eigenvalue weighted by Crippen LogP contribution is -2.39. The van der Waals surface area contributed by atoms with Crippen LogP contribution in [0.15, 0.2) is 48.5 Å². The maximum absolute atomic E-state index is 12.9. The van der Waals surface area contributed by atoms with Gasteiger partial charge in [0.15, 0.2) is 0 Å². The standard InChI is InChI=1S/C18H20FNO2/c1-18(2,15-6-4-5-7-16(15)22-3)17(21)20-12-13-8-10-14(19)11-9-13/h4-11H,12H2,1-3H3,(H,20,21). The summed E-state index contributed by atoms with van der Waals surface area (Å²) < 4.78 is 18.2. The minimum absolute atomic E-state index is 0.110. The second-order valence-corrected chi connectivity index (χ2v) is 5.63. The molecule has 0 saturated carbocycles. The van der Waals surface area contributed by atoms with Gasteiger partial charge in [-0.05, 0) is 37.6 Å². The van der Waals surface area contributed by atoms with Crippen molar-refractivity contribution in [2.75, 3.05) is 7.11 Å². The van der Waals surface area contributed by atoms with E-state index in [-0.39, 0.29) is 11.7 Å². The molecule has 0 atom stereocenters. The van der Waals surface area contributed by atoms with Crippen LogP contribution in [-0.4, -0.2) is 13.0 Å². The zero-order chi connectivity index (χ0) is 16.2. The first-order valence-corrected chi connectivity index (χ1v) is 7.11. The average molecular weight is 301 g/mol. The topological polar surface area (TPSA) is 38.3 Å². The number of hydrogen-bond acceptors (Lipinski definition) is 2. The van der Waals surface area contributed by atoms with Crippen LogP contribution in [0.3, 0.4) is 0 Å². The van der Waals surface area contributed by atoms with Crippen LogP contribution in [0, 0.1) is 5.82 Å². The number of para-hydroxylation sites is 1. The molecule has 0 unspecified atom stereocenters. The highest BCUT2D eigenvalue weighted by Gasteiger charge is 2.32. The van der Waals surface area contributed by atoms with Crippen LogP contribution < -0.4 is 10.1 Å². The van der Waals surface area contributed by atoms with E-state index in [1.807, 2.05) is 38.1 Å². The third-order valence-corrected chi connectivity index (χ3v) is 3.71. The Morgan fingerprint density at radius 3 is 2.41 bits per heavy atom. The summed E-state index contributed by atoms with van der Waals surface area (Å²) >= 11 is 0. The highest BCUT2D eigenvalue weighted by Crippen LogP contribution is 2.31. The minimum atomic E-state index is -0.730. The first kappa shape index (κ1) is 16.0. The highest BCUT2D eigenvalue weighted by atomic mass is 19.1. The van der Waals surface area contributed by atoms with Crippen LogP contribution in [0.2, 0.25) is 0 Å². The Kier molecular flexibility index (Phi) is 4.81. The molecule has 1 N–H and O–H groups in total. The van der Waals surface area contributed by atoms with Crippen molar-refractivity contribution in [3.8, 4) is 5.75 Å². The van der Waals surface area contributed by atoms with E-state index in [1.54, 1.807) is 19.2 Å². The summed E-state index contributed by atoms with van der Waals surface area (Å²) in [4.78, 5) is 12.5. The largest absolute Gasteiger partial charge is 0.496 e. The molecule has 0 aliphatic rings. The molecule has 0 aliphatic heterocycles. The number of carbonyl (C=O) groups is 1. The Morgan fingerprint density at radius 1 is 1.14 bits per heavy atom. The van der Waals surface area contributed by atoms with Crippen molar-refractivity contribution >= 4 is 5.91 Å². The van der Waals surface area contributed by atoms with Crippen molar-refractivity contribution < 1.29 is 13.9 Å². The molecule has 3 nitrogen and oxygen atoms in total. The van der Waals surface area contributed by atoms with Gasteiger partial charge >= 0.3 is 0 Å². The van der Waals surface area contributed by atoms with E-state index in [4.69, 9.17) is 4.74 Å². The second kappa shape index (κ2) is 6.60. The van der Waals surface area contributed by atoms with Gasteiger partial charge in [0, 0.05) is 12.1 Å². The maximum atomic E-state index is 12.9. The summed E-state index contributed by atoms with van der Waals surface area (Å²) in [6.45, 7) is 4.06. The lowest BCUT2D eigenvalue weighted by molar-refractivity contribution is -0.125. The van der Waals surface area contributed by atoms with Crippen LogP contribution in [-0.2, 0) is 16.8 Å². The van der Waals surface area contributed by atoms with Gasteiger partial charge < -0.3 is 10.1 Å². The van der Waals surface area contributed by atoms with E-state index in [1.165, 1.54) is 12.1 Å². The van der Waals surface area contributed by atoms with Gasteiger partial charge in [-0.15, -0.1) is 0 Å². The van der Waals surface area contributed by atoms with Crippen molar-refractivity contribution in [3.05, 3.63) is 65.5 Å². The van der Waals surface area contributed by atoms with Crippen molar-refractivity contribution in [1.29, 1.82) is 0 Å². The number of amides is 1. The van der Waals surface area contributed by atoms with Gasteiger partial charge in [0.25, 0.3) is 0 Å². The van der Waals surface area contributed by atoms with E-state index < -0.39 is 5.41 Å². The molecule has 0 bridgehead atoms.